The molecule has 0 aliphatic rings. The Bertz CT molecular complexity index is 676. The van der Waals surface area contributed by atoms with Crippen LogP contribution in [0.2, 0.25) is 0 Å². The first kappa shape index (κ1) is 20.6. The fourth-order valence-electron chi connectivity index (χ4n) is 1.51. The fraction of sp³-hybridized carbons (Fsp3) is 0.571. The Morgan fingerprint density at radius 1 is 1.17 bits per heavy atom. The highest BCUT2D eigenvalue weighted by Crippen LogP contribution is 2.61. The summed E-state index contributed by atoms with van der Waals surface area (Å²) in [6.45, 7) is -2.10. The van der Waals surface area contributed by atoms with Gasteiger partial charge < -0.3 is 53.3 Å². The van der Waals surface area contributed by atoms with Gasteiger partial charge in [0.15, 0.2) is 26.1 Å². The van der Waals surface area contributed by atoms with Crippen LogP contribution in [0.4, 0.5) is 0 Å². The van der Waals surface area contributed by atoms with E-state index in [0.29, 0.717) is 4.57 Å². The molecule has 4 N–H and O–H groups in total. The molecule has 4 unspecified atom stereocenters. The summed E-state index contributed by atoms with van der Waals surface area (Å²) < 4.78 is 34.2. The molecular formula is C7H12N2O11P3-3. The van der Waals surface area contributed by atoms with Gasteiger partial charge in [-0.3, -0.25) is 0 Å². The predicted octanol–water partition coefficient (Wildman–Crippen LogP) is -5.25. The van der Waals surface area contributed by atoms with Crippen molar-refractivity contribution in [3.05, 3.63) is 18.7 Å². The lowest BCUT2D eigenvalue weighted by molar-refractivity contribution is -0.704. The van der Waals surface area contributed by atoms with Crippen molar-refractivity contribution < 1.29 is 57.8 Å². The van der Waals surface area contributed by atoms with Gasteiger partial charge in [-0.25, -0.2) is 9.13 Å². The van der Waals surface area contributed by atoms with E-state index in [9.17, 15) is 38.4 Å². The third-order valence-corrected chi connectivity index (χ3v) is 7.26. The summed E-state index contributed by atoms with van der Waals surface area (Å²) in [6, 6.07) is 0. The van der Waals surface area contributed by atoms with E-state index < -0.39 is 46.8 Å². The second-order valence-corrected chi connectivity index (χ2v) is 10.2. The Labute approximate surface area is 128 Å². The Balaban J connectivity index is 3.05. The molecule has 0 radical (unpaired) electrons. The number of imidazole rings is 1. The second kappa shape index (κ2) is 6.47. The molecular weight excluding hydrogens is 381 g/mol. The number of hydrogen-bond acceptors (Lipinski definition) is 9. The number of rotatable bonds is 7. The molecule has 0 fully saturated rings. The Hall–Kier alpha value is -0.420. The maximum Gasteiger partial charge on any atom is 0.244 e. The molecule has 1 heterocycles. The summed E-state index contributed by atoms with van der Waals surface area (Å²) in [5.41, 5.74) is 0. The maximum atomic E-state index is 11.0. The first-order chi connectivity index (χ1) is 10.1. The summed E-state index contributed by atoms with van der Waals surface area (Å²) in [5, 5.41) is 14.7. The Morgan fingerprint density at radius 2 is 1.70 bits per heavy atom. The number of aliphatic hydroxyl groups excluding tert-OH is 1. The number of aliphatic hydroxyl groups is 2. The average Bonchev–Trinajstić information content (AvgIpc) is 2.72. The number of nitrogens with zero attached hydrogens (tertiary/aromatic N) is 2. The van der Waals surface area contributed by atoms with Crippen LogP contribution in [0.5, 0.6) is 0 Å². The van der Waals surface area contributed by atoms with Crippen LogP contribution in [0.15, 0.2) is 18.7 Å². The third kappa shape index (κ3) is 4.79. The normalized spacial score (nSPS) is 21.9. The van der Waals surface area contributed by atoms with Crippen molar-refractivity contribution >= 4 is 22.8 Å². The van der Waals surface area contributed by atoms with E-state index in [4.69, 9.17) is 14.9 Å². The summed E-state index contributed by atoms with van der Waals surface area (Å²) in [5.74, 6) is -2.20. The fourth-order valence-corrected chi connectivity index (χ4v) is 3.82. The molecule has 23 heavy (non-hydrogen) atoms. The molecule has 0 spiro atoms. The molecule has 1 aromatic rings. The van der Waals surface area contributed by atoms with Crippen LogP contribution in [0.25, 0.3) is 0 Å². The molecule has 13 nitrogen and oxygen atoms in total. The van der Waals surface area contributed by atoms with Crippen LogP contribution in [-0.4, -0.2) is 35.5 Å². The highest BCUT2D eigenvalue weighted by molar-refractivity contribution is 7.69. The van der Waals surface area contributed by atoms with E-state index in [1.807, 2.05) is 0 Å². The Morgan fingerprint density at radius 3 is 2.09 bits per heavy atom. The summed E-state index contributed by atoms with van der Waals surface area (Å²) in [7, 11) is -17.3. The molecule has 0 saturated carbocycles. The van der Waals surface area contributed by atoms with E-state index in [2.05, 4.69) is 0 Å². The van der Waals surface area contributed by atoms with E-state index in [1.165, 1.54) is 0 Å². The van der Waals surface area contributed by atoms with Gasteiger partial charge >= 0.3 is 0 Å². The third-order valence-electron chi connectivity index (χ3n) is 2.78. The maximum absolute atomic E-state index is 11.0. The van der Waals surface area contributed by atoms with Crippen LogP contribution in [0.1, 0.15) is 0 Å². The van der Waals surface area contributed by atoms with Crippen molar-refractivity contribution in [1.29, 1.82) is 0 Å². The van der Waals surface area contributed by atoms with Crippen LogP contribution in [-0.2, 0) is 26.8 Å². The SMILES string of the molecule is O=P([O-])(O)C(O)Cn1cc[n+](CC(O)(P(=O)([O-])[O-])P(=O)([O-])O)c1. The van der Waals surface area contributed by atoms with Crippen LogP contribution < -0.4 is 24.1 Å². The van der Waals surface area contributed by atoms with E-state index in [0.717, 1.165) is 23.3 Å². The first-order valence-corrected chi connectivity index (χ1v) is 10.4. The molecule has 0 amide bonds. The van der Waals surface area contributed by atoms with Crippen LogP contribution >= 0.6 is 22.8 Å². The van der Waals surface area contributed by atoms with Crippen molar-refractivity contribution in [2.75, 3.05) is 0 Å². The molecule has 134 valence electrons. The van der Waals surface area contributed by atoms with Gasteiger partial charge in [-0.15, -0.1) is 0 Å². The molecule has 0 aromatic carbocycles. The van der Waals surface area contributed by atoms with Crippen molar-refractivity contribution in [2.45, 2.75) is 24.0 Å². The monoisotopic (exact) mass is 393 g/mol. The summed E-state index contributed by atoms with van der Waals surface area (Å²) in [6.07, 6.45) is 2.78. The first-order valence-electron chi connectivity index (χ1n) is 5.63. The van der Waals surface area contributed by atoms with Gasteiger partial charge in [0.25, 0.3) is 0 Å². The lowest BCUT2D eigenvalue weighted by atomic mass is 10.6. The zero-order chi connectivity index (χ0) is 18.3. The minimum atomic E-state index is -6.20. The number of hydrogen-bond donors (Lipinski definition) is 4. The molecule has 1 rings (SSSR count). The molecule has 0 aliphatic heterocycles. The minimum Gasteiger partial charge on any atom is -0.808 e. The molecule has 4 atom stereocenters. The molecule has 0 bridgehead atoms. The van der Waals surface area contributed by atoms with Crippen LogP contribution in [0.3, 0.4) is 0 Å². The van der Waals surface area contributed by atoms with E-state index in [1.54, 1.807) is 0 Å². The lowest BCUT2D eigenvalue weighted by Crippen LogP contribution is -2.52. The standard InChI is InChI=1S/C7H15N2O11P3/c10-6(21(12,13)14)3-8-1-2-9(5-8)4-7(11,22(15,16)17)23(18,19)20/h1-2,5-6,10-11H,3-4H2,(H5-,12,13,14,15,16,17,18,19,20)/p-3. The van der Waals surface area contributed by atoms with Crippen molar-refractivity contribution in [3.8, 4) is 0 Å². The van der Waals surface area contributed by atoms with Gasteiger partial charge in [-0.05, 0) is 7.60 Å². The molecule has 0 aliphatic carbocycles. The largest absolute Gasteiger partial charge is 0.808 e. The van der Waals surface area contributed by atoms with Gasteiger partial charge in [-0.1, -0.05) is 0 Å². The molecule has 1 aromatic heterocycles. The highest BCUT2D eigenvalue weighted by Gasteiger charge is 2.44. The Kier molecular flexibility index (Phi) is 5.80. The van der Waals surface area contributed by atoms with Gasteiger partial charge in [0.2, 0.25) is 6.33 Å². The van der Waals surface area contributed by atoms with E-state index in [-0.39, 0.29) is 0 Å². The lowest BCUT2D eigenvalue weighted by Gasteiger charge is -2.48. The minimum absolute atomic E-state index is 0.642. The summed E-state index contributed by atoms with van der Waals surface area (Å²) >= 11 is 0. The van der Waals surface area contributed by atoms with Gasteiger partial charge in [-0.2, -0.15) is 0 Å². The molecule has 0 saturated heterocycles. The quantitative estimate of drug-likeness (QED) is 0.252. The van der Waals surface area contributed by atoms with Crippen molar-refractivity contribution in [2.24, 2.45) is 0 Å². The van der Waals surface area contributed by atoms with E-state index >= 15 is 0 Å². The van der Waals surface area contributed by atoms with Crippen LogP contribution in [0, 0.1) is 0 Å². The number of aromatic nitrogens is 2. The highest BCUT2D eigenvalue weighted by atomic mass is 31.2. The van der Waals surface area contributed by atoms with Gasteiger partial charge in [0.1, 0.15) is 25.5 Å². The van der Waals surface area contributed by atoms with Gasteiger partial charge in [0, 0.05) is 0 Å². The van der Waals surface area contributed by atoms with Gasteiger partial charge in [0.05, 0.1) is 0 Å². The molecule has 16 heteroatoms. The predicted molar refractivity (Wildman–Crippen MR) is 62.8 cm³/mol. The topological polar surface area (TPSA) is 233 Å². The second-order valence-electron chi connectivity index (χ2n) is 4.62. The summed E-state index contributed by atoms with van der Waals surface area (Å²) in [4.78, 5) is 61.0. The average molecular weight is 393 g/mol. The zero-order valence-corrected chi connectivity index (χ0v) is 13.8. The smallest absolute Gasteiger partial charge is 0.244 e. The van der Waals surface area contributed by atoms with Crippen molar-refractivity contribution in [1.82, 2.24) is 4.57 Å². The zero-order valence-electron chi connectivity index (χ0n) is 11.1. The van der Waals surface area contributed by atoms with Crippen molar-refractivity contribution in [3.63, 3.8) is 0 Å².